The van der Waals surface area contributed by atoms with Crippen LogP contribution in [-0.2, 0) is 4.79 Å². The Hall–Kier alpha value is -0.670. The van der Waals surface area contributed by atoms with Crippen molar-refractivity contribution < 1.29 is 15.0 Å². The van der Waals surface area contributed by atoms with Crippen LogP contribution in [0, 0.1) is 56.7 Å². The summed E-state index contributed by atoms with van der Waals surface area (Å²) in [6.45, 7) is 18.7. The summed E-state index contributed by atoms with van der Waals surface area (Å²) in [6, 6.07) is 0. The van der Waals surface area contributed by atoms with Crippen LogP contribution in [0.25, 0.3) is 0 Å². The highest BCUT2D eigenvalue weighted by molar-refractivity contribution is 5.86. The lowest BCUT2D eigenvalue weighted by Crippen LogP contribution is -2.69. The number of carbonyl (C=O) groups is 1. The summed E-state index contributed by atoms with van der Waals surface area (Å²) in [6.07, 6.45) is 8.97. The van der Waals surface area contributed by atoms with E-state index in [2.05, 4.69) is 48.1 Å². The summed E-state index contributed by atoms with van der Waals surface area (Å²) in [7, 11) is 0. The highest BCUT2D eigenvalue weighted by Gasteiger charge is 2.72. The highest BCUT2D eigenvalue weighted by Crippen LogP contribution is 2.77. The number of fused-ring (bicyclic) bond motifs is 7. The molecule has 0 bridgehead atoms. The first-order chi connectivity index (χ1) is 15.3. The van der Waals surface area contributed by atoms with Crippen molar-refractivity contribution in [1.29, 1.82) is 0 Å². The monoisotopic (exact) mass is 456 g/mol. The molecule has 0 radical (unpaired) electrons. The Kier molecular flexibility index (Phi) is 5.24. The molecule has 0 aliphatic heterocycles. The van der Waals surface area contributed by atoms with E-state index < -0.39 is 6.10 Å². The second-order valence-corrected chi connectivity index (χ2v) is 14.4. The Morgan fingerprint density at radius 3 is 2.27 bits per heavy atom. The van der Waals surface area contributed by atoms with Gasteiger partial charge in [0.05, 0.1) is 6.10 Å². The van der Waals surface area contributed by atoms with Crippen LogP contribution in [-0.4, -0.2) is 28.7 Å². The minimum atomic E-state index is -0.525. The van der Waals surface area contributed by atoms with Crippen LogP contribution in [0.15, 0.2) is 12.2 Å². The van der Waals surface area contributed by atoms with E-state index in [1.807, 2.05) is 0 Å². The quantitative estimate of drug-likeness (QED) is 0.488. The standard InChI is InChI=1S/C30H48O3/c1-18(2)19-10-13-30(17-31)15-14-27(5)20(25(19)30)8-9-22-28(27,6)12-11-21-26(3,4)23(32)16-24(33)29(21,22)7/h19-22,24-25,31,33H,1,8-17H2,2-7H3/t19-,20-,21+,22+,24+,25+,27+,28+,29-,30+/m0/s1. The number of aliphatic hydroxyl groups is 2. The smallest absolute Gasteiger partial charge is 0.141 e. The van der Waals surface area contributed by atoms with Crippen molar-refractivity contribution in [3.8, 4) is 0 Å². The lowest BCUT2D eigenvalue weighted by Gasteiger charge is -2.73. The molecule has 0 unspecified atom stereocenters. The van der Waals surface area contributed by atoms with E-state index >= 15 is 0 Å². The molecule has 0 saturated heterocycles. The van der Waals surface area contributed by atoms with Crippen LogP contribution < -0.4 is 0 Å². The fraction of sp³-hybridized carbons (Fsp3) is 0.900. The number of hydrogen-bond acceptors (Lipinski definition) is 3. The van der Waals surface area contributed by atoms with Crippen LogP contribution >= 0.6 is 0 Å². The molecule has 0 aromatic rings. The number of ketones is 1. The first-order valence-corrected chi connectivity index (χ1v) is 13.8. The molecule has 0 spiro atoms. The van der Waals surface area contributed by atoms with Gasteiger partial charge in [0, 0.05) is 23.9 Å². The van der Waals surface area contributed by atoms with Crippen molar-refractivity contribution in [2.24, 2.45) is 56.7 Å². The second kappa shape index (κ2) is 7.19. The van der Waals surface area contributed by atoms with Gasteiger partial charge < -0.3 is 10.2 Å². The third-order valence-corrected chi connectivity index (χ3v) is 13.4. The van der Waals surface area contributed by atoms with Crippen molar-refractivity contribution >= 4 is 5.78 Å². The minimum absolute atomic E-state index is 0.0802. The largest absolute Gasteiger partial charge is 0.396 e. The zero-order valence-electron chi connectivity index (χ0n) is 22.0. The SMILES string of the molecule is C=C(C)[C@@H]1CC[C@]2(CO)CC[C@]3(C)[C@@H](CC[C@H]4[C@@]5(C)[C@H](O)CC(=O)C(C)(C)[C@H]5CC[C@]43C)[C@@H]12. The Morgan fingerprint density at radius 1 is 0.939 bits per heavy atom. The lowest BCUT2D eigenvalue weighted by atomic mass is 9.32. The zero-order valence-corrected chi connectivity index (χ0v) is 22.0. The van der Waals surface area contributed by atoms with Crippen LogP contribution in [0.4, 0.5) is 0 Å². The average molecular weight is 457 g/mol. The Bertz CT molecular complexity index is 861. The van der Waals surface area contributed by atoms with Gasteiger partial charge in [0.15, 0.2) is 0 Å². The van der Waals surface area contributed by atoms with Crippen LogP contribution in [0.3, 0.4) is 0 Å². The summed E-state index contributed by atoms with van der Waals surface area (Å²) in [5.74, 6) is 2.64. The minimum Gasteiger partial charge on any atom is -0.396 e. The number of carbonyl (C=O) groups excluding carboxylic acids is 1. The maximum absolute atomic E-state index is 13.0. The summed E-state index contributed by atoms with van der Waals surface area (Å²) < 4.78 is 0. The van der Waals surface area contributed by atoms with E-state index in [0.717, 1.165) is 32.1 Å². The fourth-order valence-corrected chi connectivity index (χ4v) is 11.3. The van der Waals surface area contributed by atoms with Crippen molar-refractivity contribution in [3.63, 3.8) is 0 Å². The molecular formula is C30H48O3. The van der Waals surface area contributed by atoms with Crippen molar-refractivity contribution in [3.05, 3.63) is 12.2 Å². The molecule has 0 aromatic heterocycles. The molecule has 0 amide bonds. The Balaban J connectivity index is 1.58. The van der Waals surface area contributed by atoms with E-state index in [4.69, 9.17) is 0 Å². The molecule has 5 aliphatic carbocycles. The maximum Gasteiger partial charge on any atom is 0.141 e. The van der Waals surface area contributed by atoms with Gasteiger partial charge in [-0.15, -0.1) is 0 Å². The van der Waals surface area contributed by atoms with Gasteiger partial charge in [-0.2, -0.15) is 0 Å². The Labute approximate surface area is 201 Å². The van der Waals surface area contributed by atoms with Gasteiger partial charge in [0.1, 0.15) is 5.78 Å². The van der Waals surface area contributed by atoms with E-state index in [1.54, 1.807) is 0 Å². The van der Waals surface area contributed by atoms with Crippen LogP contribution in [0.1, 0.15) is 99.3 Å². The van der Waals surface area contributed by atoms with Gasteiger partial charge >= 0.3 is 0 Å². The summed E-state index contributed by atoms with van der Waals surface area (Å²) in [5.41, 5.74) is 1.20. The molecule has 0 heterocycles. The van der Waals surface area contributed by atoms with E-state index in [0.29, 0.717) is 36.7 Å². The molecule has 5 fully saturated rings. The van der Waals surface area contributed by atoms with Gasteiger partial charge in [-0.1, -0.05) is 46.8 Å². The molecule has 33 heavy (non-hydrogen) atoms. The Morgan fingerprint density at radius 2 is 1.64 bits per heavy atom. The normalized spacial score (nSPS) is 55.2. The summed E-state index contributed by atoms with van der Waals surface area (Å²) in [4.78, 5) is 13.0. The van der Waals surface area contributed by atoms with Gasteiger partial charge in [-0.25, -0.2) is 0 Å². The molecule has 5 saturated carbocycles. The fourth-order valence-electron chi connectivity index (χ4n) is 11.3. The summed E-state index contributed by atoms with van der Waals surface area (Å²) >= 11 is 0. The van der Waals surface area contributed by atoms with Crippen LogP contribution in [0.5, 0.6) is 0 Å². The van der Waals surface area contributed by atoms with Crippen LogP contribution in [0.2, 0.25) is 0 Å². The third kappa shape index (κ3) is 2.73. The second-order valence-electron chi connectivity index (χ2n) is 14.4. The molecule has 3 heteroatoms. The number of Topliss-reactive ketones (excluding diaryl/α,β-unsaturated/α-hetero) is 1. The highest BCUT2D eigenvalue weighted by atomic mass is 16.3. The number of aliphatic hydroxyl groups excluding tert-OH is 2. The number of rotatable bonds is 2. The predicted octanol–water partition coefficient (Wildman–Crippen LogP) is 6.18. The van der Waals surface area contributed by atoms with E-state index in [9.17, 15) is 15.0 Å². The molecule has 0 aromatic carbocycles. The van der Waals surface area contributed by atoms with Crippen molar-refractivity contribution in [2.45, 2.75) is 105 Å². The van der Waals surface area contributed by atoms with E-state index in [1.165, 1.54) is 24.8 Å². The summed E-state index contributed by atoms with van der Waals surface area (Å²) in [5, 5.41) is 22.1. The predicted molar refractivity (Wildman–Crippen MR) is 132 cm³/mol. The van der Waals surface area contributed by atoms with E-state index in [-0.39, 0.29) is 38.8 Å². The van der Waals surface area contributed by atoms with Crippen molar-refractivity contribution in [1.82, 2.24) is 0 Å². The average Bonchev–Trinajstić information content (AvgIpc) is 3.14. The third-order valence-electron chi connectivity index (χ3n) is 13.4. The molecule has 10 atom stereocenters. The number of hydrogen-bond donors (Lipinski definition) is 2. The van der Waals surface area contributed by atoms with Gasteiger partial charge in [-0.05, 0) is 104 Å². The van der Waals surface area contributed by atoms with Crippen molar-refractivity contribution in [2.75, 3.05) is 6.61 Å². The molecular weight excluding hydrogens is 408 g/mol. The van der Waals surface area contributed by atoms with Gasteiger partial charge in [-0.3, -0.25) is 4.79 Å². The van der Waals surface area contributed by atoms with Gasteiger partial charge in [0.25, 0.3) is 0 Å². The molecule has 3 nitrogen and oxygen atoms in total. The zero-order chi connectivity index (χ0) is 24.2. The number of allylic oxidation sites excluding steroid dienone is 1. The molecule has 186 valence electrons. The molecule has 2 N–H and O–H groups in total. The topological polar surface area (TPSA) is 57.5 Å². The van der Waals surface area contributed by atoms with Gasteiger partial charge in [0.2, 0.25) is 0 Å². The first kappa shape index (κ1) is 24.0. The molecule has 5 rings (SSSR count). The first-order valence-electron chi connectivity index (χ1n) is 13.8. The maximum atomic E-state index is 13.0. The molecule has 5 aliphatic rings. The lowest BCUT2D eigenvalue weighted by molar-refractivity contribution is -0.256.